The molecule has 0 unspecified atom stereocenters. The van der Waals surface area contributed by atoms with Crippen molar-refractivity contribution in [3.05, 3.63) is 29.6 Å². The molecule has 5 heteroatoms. The smallest absolute Gasteiger partial charge is 0.191 e. The van der Waals surface area contributed by atoms with Crippen molar-refractivity contribution in [3.63, 3.8) is 0 Å². The van der Waals surface area contributed by atoms with Gasteiger partial charge in [0.25, 0.3) is 0 Å². The van der Waals surface area contributed by atoms with Crippen LogP contribution >= 0.6 is 11.8 Å². The summed E-state index contributed by atoms with van der Waals surface area (Å²) in [5, 5.41) is 6.64. The zero-order chi connectivity index (χ0) is 14.6. The maximum absolute atomic E-state index is 4.59. The summed E-state index contributed by atoms with van der Waals surface area (Å²) in [5.41, 5.74) is 2.22. The molecular formula is C15H26N4S. The number of thioether (sulfide) groups is 1. The molecule has 1 rings (SSSR count). The Morgan fingerprint density at radius 3 is 2.90 bits per heavy atom. The van der Waals surface area contributed by atoms with Gasteiger partial charge in [0, 0.05) is 19.3 Å². The second-order valence-corrected chi connectivity index (χ2v) is 5.57. The van der Waals surface area contributed by atoms with E-state index in [0.29, 0.717) is 6.54 Å². The Balaban J connectivity index is 2.44. The van der Waals surface area contributed by atoms with E-state index in [-0.39, 0.29) is 0 Å². The summed E-state index contributed by atoms with van der Waals surface area (Å²) in [4.78, 5) is 8.95. The lowest BCUT2D eigenvalue weighted by Crippen LogP contribution is -2.37. The van der Waals surface area contributed by atoms with Gasteiger partial charge in [0.1, 0.15) is 0 Å². The van der Waals surface area contributed by atoms with Crippen molar-refractivity contribution in [2.45, 2.75) is 33.2 Å². The number of aromatic nitrogens is 1. The molecule has 1 aromatic rings. The van der Waals surface area contributed by atoms with Crippen LogP contribution in [-0.4, -0.2) is 36.0 Å². The molecule has 4 nitrogen and oxygen atoms in total. The van der Waals surface area contributed by atoms with Crippen molar-refractivity contribution in [3.8, 4) is 0 Å². The SMILES string of the molecule is CCNC(=NCc1ncccc1C)NCCCCSC. The topological polar surface area (TPSA) is 49.3 Å². The van der Waals surface area contributed by atoms with Gasteiger partial charge in [-0.15, -0.1) is 0 Å². The van der Waals surface area contributed by atoms with Crippen LogP contribution in [0.4, 0.5) is 0 Å². The minimum absolute atomic E-state index is 0.618. The summed E-state index contributed by atoms with van der Waals surface area (Å²) < 4.78 is 0. The second-order valence-electron chi connectivity index (χ2n) is 4.59. The van der Waals surface area contributed by atoms with Gasteiger partial charge in [-0.25, -0.2) is 4.99 Å². The molecule has 0 radical (unpaired) electrons. The third-order valence-electron chi connectivity index (χ3n) is 2.92. The number of pyridine rings is 1. The van der Waals surface area contributed by atoms with E-state index in [2.05, 4.69) is 46.8 Å². The molecule has 0 aliphatic carbocycles. The zero-order valence-corrected chi connectivity index (χ0v) is 13.6. The summed E-state index contributed by atoms with van der Waals surface area (Å²) in [7, 11) is 0. The van der Waals surface area contributed by atoms with Gasteiger partial charge in [0.15, 0.2) is 5.96 Å². The molecule has 1 heterocycles. The predicted octanol–water partition coefficient (Wildman–Crippen LogP) is 2.59. The van der Waals surface area contributed by atoms with E-state index >= 15 is 0 Å². The van der Waals surface area contributed by atoms with Crippen LogP contribution in [0.3, 0.4) is 0 Å². The number of aliphatic imine (C=N–C) groups is 1. The lowest BCUT2D eigenvalue weighted by molar-refractivity contribution is 0.733. The van der Waals surface area contributed by atoms with Gasteiger partial charge in [0.05, 0.1) is 12.2 Å². The fourth-order valence-electron chi connectivity index (χ4n) is 1.76. The van der Waals surface area contributed by atoms with Crippen LogP contribution in [0, 0.1) is 6.92 Å². The molecule has 0 aromatic carbocycles. The Kier molecular flexibility index (Phi) is 8.87. The summed E-state index contributed by atoms with van der Waals surface area (Å²) >= 11 is 1.90. The maximum Gasteiger partial charge on any atom is 0.191 e. The first-order chi connectivity index (χ1) is 9.77. The first-order valence-corrected chi connectivity index (χ1v) is 8.59. The molecule has 20 heavy (non-hydrogen) atoms. The van der Waals surface area contributed by atoms with Crippen LogP contribution in [0.25, 0.3) is 0 Å². The molecule has 0 atom stereocenters. The van der Waals surface area contributed by atoms with Crippen molar-refractivity contribution < 1.29 is 0 Å². The van der Waals surface area contributed by atoms with Crippen molar-refractivity contribution >= 4 is 17.7 Å². The predicted molar refractivity (Wildman–Crippen MR) is 89.4 cm³/mol. The molecule has 0 spiro atoms. The third kappa shape index (κ3) is 6.80. The molecular weight excluding hydrogens is 268 g/mol. The van der Waals surface area contributed by atoms with E-state index in [1.807, 2.05) is 24.0 Å². The number of guanidine groups is 1. The summed E-state index contributed by atoms with van der Waals surface area (Å²) in [6.07, 6.45) is 6.38. The summed E-state index contributed by atoms with van der Waals surface area (Å²) in [5.74, 6) is 2.10. The lowest BCUT2D eigenvalue weighted by atomic mass is 10.2. The molecule has 0 aliphatic rings. The number of unbranched alkanes of at least 4 members (excludes halogenated alkanes) is 1. The Morgan fingerprint density at radius 1 is 1.35 bits per heavy atom. The molecule has 112 valence electrons. The fourth-order valence-corrected chi connectivity index (χ4v) is 2.25. The van der Waals surface area contributed by atoms with Gasteiger partial charge in [-0.3, -0.25) is 4.98 Å². The number of rotatable bonds is 8. The Labute approximate surface area is 126 Å². The van der Waals surface area contributed by atoms with Gasteiger partial charge in [-0.05, 0) is 50.3 Å². The second kappa shape index (κ2) is 10.5. The average molecular weight is 294 g/mol. The monoisotopic (exact) mass is 294 g/mol. The van der Waals surface area contributed by atoms with Gasteiger partial charge >= 0.3 is 0 Å². The average Bonchev–Trinajstić information content (AvgIpc) is 2.46. The van der Waals surface area contributed by atoms with Crippen LogP contribution in [0.1, 0.15) is 31.0 Å². The van der Waals surface area contributed by atoms with E-state index in [1.165, 1.54) is 24.2 Å². The summed E-state index contributed by atoms with van der Waals surface area (Å²) in [6.45, 7) is 6.61. The van der Waals surface area contributed by atoms with Crippen molar-refractivity contribution in [1.82, 2.24) is 15.6 Å². The first-order valence-electron chi connectivity index (χ1n) is 7.19. The quantitative estimate of drug-likeness (QED) is 0.439. The number of nitrogens with zero attached hydrogens (tertiary/aromatic N) is 2. The normalized spacial score (nSPS) is 11.4. The number of hydrogen-bond acceptors (Lipinski definition) is 3. The van der Waals surface area contributed by atoms with Gasteiger partial charge in [-0.1, -0.05) is 6.07 Å². The van der Waals surface area contributed by atoms with E-state index in [0.717, 1.165) is 24.7 Å². The molecule has 0 amide bonds. The summed E-state index contributed by atoms with van der Waals surface area (Å²) in [6, 6.07) is 4.03. The lowest BCUT2D eigenvalue weighted by Gasteiger charge is -2.11. The Hall–Kier alpha value is -1.23. The minimum Gasteiger partial charge on any atom is -0.357 e. The van der Waals surface area contributed by atoms with Crippen molar-refractivity contribution in [2.75, 3.05) is 25.1 Å². The standard InChI is InChI=1S/C15H26N4S/c1-4-16-15(18-9-5-6-11-20-3)19-12-14-13(2)8-7-10-17-14/h7-8,10H,4-6,9,11-12H2,1-3H3,(H2,16,18,19). The molecule has 0 aliphatic heterocycles. The van der Waals surface area contributed by atoms with Crippen LogP contribution in [0.15, 0.2) is 23.3 Å². The maximum atomic E-state index is 4.59. The van der Waals surface area contributed by atoms with E-state index in [9.17, 15) is 0 Å². The van der Waals surface area contributed by atoms with E-state index in [4.69, 9.17) is 0 Å². The molecule has 0 bridgehead atoms. The Morgan fingerprint density at radius 2 is 2.20 bits per heavy atom. The van der Waals surface area contributed by atoms with Crippen molar-refractivity contribution in [2.24, 2.45) is 4.99 Å². The highest BCUT2D eigenvalue weighted by molar-refractivity contribution is 7.98. The van der Waals surface area contributed by atoms with E-state index < -0.39 is 0 Å². The fraction of sp³-hybridized carbons (Fsp3) is 0.600. The molecule has 1 aromatic heterocycles. The molecule has 0 saturated carbocycles. The minimum atomic E-state index is 0.618. The van der Waals surface area contributed by atoms with Gasteiger partial charge < -0.3 is 10.6 Å². The van der Waals surface area contributed by atoms with Crippen LogP contribution < -0.4 is 10.6 Å². The number of hydrogen-bond donors (Lipinski definition) is 2. The molecule has 2 N–H and O–H groups in total. The van der Waals surface area contributed by atoms with Crippen LogP contribution in [-0.2, 0) is 6.54 Å². The highest BCUT2D eigenvalue weighted by Gasteiger charge is 2.00. The Bertz CT molecular complexity index is 407. The van der Waals surface area contributed by atoms with Crippen LogP contribution in [0.2, 0.25) is 0 Å². The largest absolute Gasteiger partial charge is 0.357 e. The number of nitrogens with one attached hydrogen (secondary N) is 2. The zero-order valence-electron chi connectivity index (χ0n) is 12.8. The third-order valence-corrected chi connectivity index (χ3v) is 3.61. The van der Waals surface area contributed by atoms with Gasteiger partial charge in [0.2, 0.25) is 0 Å². The highest BCUT2D eigenvalue weighted by Crippen LogP contribution is 2.04. The van der Waals surface area contributed by atoms with Crippen LogP contribution in [0.5, 0.6) is 0 Å². The molecule has 0 fully saturated rings. The van der Waals surface area contributed by atoms with Crippen molar-refractivity contribution in [1.29, 1.82) is 0 Å². The van der Waals surface area contributed by atoms with E-state index in [1.54, 1.807) is 0 Å². The highest BCUT2D eigenvalue weighted by atomic mass is 32.2. The number of aryl methyl sites for hydroxylation is 1. The molecule has 0 saturated heterocycles. The van der Waals surface area contributed by atoms with Gasteiger partial charge in [-0.2, -0.15) is 11.8 Å². The first kappa shape index (κ1) is 16.8.